The summed E-state index contributed by atoms with van der Waals surface area (Å²) < 4.78 is 21.3. The largest absolute Gasteiger partial charge is 0.472 e. The highest BCUT2D eigenvalue weighted by Crippen LogP contribution is 2.37. The predicted octanol–water partition coefficient (Wildman–Crippen LogP) is 5.08. The van der Waals surface area contributed by atoms with Gasteiger partial charge in [0.25, 0.3) is 0 Å². The summed E-state index contributed by atoms with van der Waals surface area (Å²) in [6.07, 6.45) is 3.95. The van der Waals surface area contributed by atoms with Crippen molar-refractivity contribution in [2.24, 2.45) is 7.05 Å². The third-order valence-corrected chi connectivity index (χ3v) is 6.18. The van der Waals surface area contributed by atoms with Gasteiger partial charge in [-0.15, -0.1) is 0 Å². The van der Waals surface area contributed by atoms with Crippen LogP contribution >= 0.6 is 0 Å². The molecule has 1 amide bonds. The number of aromatic nitrogens is 5. The number of alkyl carbamates (subject to hydrolysis) is 1. The van der Waals surface area contributed by atoms with Crippen LogP contribution in [0.3, 0.4) is 0 Å². The van der Waals surface area contributed by atoms with Gasteiger partial charge in [0.15, 0.2) is 6.23 Å². The first-order valence-corrected chi connectivity index (χ1v) is 12.8. The molecule has 0 spiro atoms. The number of ether oxygens (including phenoxy) is 3. The van der Waals surface area contributed by atoms with Crippen LogP contribution < -0.4 is 10.1 Å². The van der Waals surface area contributed by atoms with E-state index in [-0.39, 0.29) is 18.9 Å². The Bertz CT molecular complexity index is 1300. The minimum absolute atomic E-state index is 0.103. The monoisotopic (exact) mass is 510 g/mol. The standard InChI is InChI=1S/C27H38N6O4/c1-9-20-19-14-21(29-18(4)24(19)33(31-20)22-12-10-11-13-35-22)23-17(3)30-32(8)25(23)36-16(2)15-28-26(34)37-27(5,6)7/h9,14,16,22H,1,10-13,15H2,2-8H3,(H,28,34)/t16-,22?/m0/s1. The van der Waals surface area contributed by atoms with E-state index in [0.717, 1.165) is 65.1 Å². The molecule has 1 aliphatic heterocycles. The Morgan fingerprint density at radius 3 is 2.70 bits per heavy atom. The van der Waals surface area contributed by atoms with Crippen molar-refractivity contribution in [3.63, 3.8) is 0 Å². The molecule has 1 saturated heterocycles. The summed E-state index contributed by atoms with van der Waals surface area (Å²) in [5.74, 6) is 0.574. The molecule has 0 aromatic carbocycles. The Kier molecular flexibility index (Phi) is 7.59. The third kappa shape index (κ3) is 5.79. The number of aryl methyl sites for hydroxylation is 3. The molecule has 0 aliphatic carbocycles. The maximum atomic E-state index is 12.1. The van der Waals surface area contributed by atoms with Crippen molar-refractivity contribution >= 4 is 23.1 Å². The lowest BCUT2D eigenvalue weighted by Crippen LogP contribution is -2.37. The Morgan fingerprint density at radius 1 is 1.30 bits per heavy atom. The summed E-state index contributed by atoms with van der Waals surface area (Å²) in [6.45, 7) is 16.3. The zero-order valence-corrected chi connectivity index (χ0v) is 22.9. The van der Waals surface area contributed by atoms with Crippen molar-refractivity contribution in [3.05, 3.63) is 29.7 Å². The molecule has 2 atom stereocenters. The smallest absolute Gasteiger partial charge is 0.407 e. The molecule has 37 heavy (non-hydrogen) atoms. The first kappa shape index (κ1) is 26.7. The van der Waals surface area contributed by atoms with Crippen LogP contribution in [0.15, 0.2) is 12.6 Å². The lowest BCUT2D eigenvalue weighted by molar-refractivity contribution is -0.0368. The normalized spacial score (nSPS) is 17.0. The van der Waals surface area contributed by atoms with Gasteiger partial charge < -0.3 is 19.5 Å². The van der Waals surface area contributed by atoms with Gasteiger partial charge in [-0.3, -0.25) is 4.98 Å². The fourth-order valence-electron chi connectivity index (χ4n) is 4.61. The number of hydrogen-bond donors (Lipinski definition) is 1. The molecule has 3 aromatic rings. The van der Waals surface area contributed by atoms with E-state index in [2.05, 4.69) is 17.0 Å². The molecule has 10 heteroatoms. The zero-order valence-electron chi connectivity index (χ0n) is 22.9. The molecular formula is C27H38N6O4. The molecule has 0 radical (unpaired) electrons. The van der Waals surface area contributed by atoms with Crippen molar-refractivity contribution in [1.29, 1.82) is 0 Å². The molecular weight excluding hydrogens is 472 g/mol. The Morgan fingerprint density at radius 2 is 2.05 bits per heavy atom. The lowest BCUT2D eigenvalue weighted by Gasteiger charge is -2.23. The fourth-order valence-corrected chi connectivity index (χ4v) is 4.61. The van der Waals surface area contributed by atoms with Crippen LogP contribution in [0.2, 0.25) is 0 Å². The van der Waals surface area contributed by atoms with Crippen molar-refractivity contribution in [1.82, 2.24) is 29.9 Å². The van der Waals surface area contributed by atoms with Gasteiger partial charge in [0, 0.05) is 19.0 Å². The second kappa shape index (κ2) is 10.5. The third-order valence-electron chi connectivity index (χ3n) is 6.18. The summed E-state index contributed by atoms with van der Waals surface area (Å²) in [5, 5.41) is 13.1. The highest BCUT2D eigenvalue weighted by Gasteiger charge is 2.26. The molecule has 1 N–H and O–H groups in total. The number of carbonyl (C=O) groups is 1. The van der Waals surface area contributed by atoms with E-state index in [4.69, 9.17) is 24.3 Å². The summed E-state index contributed by atoms with van der Waals surface area (Å²) >= 11 is 0. The number of rotatable bonds is 7. The van der Waals surface area contributed by atoms with Gasteiger partial charge in [-0.2, -0.15) is 10.2 Å². The number of hydrogen-bond acceptors (Lipinski definition) is 7. The minimum Gasteiger partial charge on any atom is -0.472 e. The molecule has 0 bridgehead atoms. The van der Waals surface area contributed by atoms with Gasteiger partial charge in [0.2, 0.25) is 5.88 Å². The van der Waals surface area contributed by atoms with Crippen molar-refractivity contribution < 1.29 is 19.0 Å². The molecule has 4 rings (SSSR count). The van der Waals surface area contributed by atoms with Gasteiger partial charge in [-0.05, 0) is 72.9 Å². The molecule has 1 unspecified atom stereocenters. The zero-order chi connectivity index (χ0) is 26.9. The van der Waals surface area contributed by atoms with E-state index in [1.807, 2.05) is 59.3 Å². The second-order valence-electron chi connectivity index (χ2n) is 10.5. The highest BCUT2D eigenvalue weighted by molar-refractivity contribution is 5.92. The van der Waals surface area contributed by atoms with Crippen LogP contribution in [-0.2, 0) is 16.5 Å². The molecule has 0 saturated carbocycles. The number of pyridine rings is 1. The van der Waals surface area contributed by atoms with Crippen LogP contribution in [0.25, 0.3) is 28.2 Å². The van der Waals surface area contributed by atoms with Gasteiger partial charge in [-0.25, -0.2) is 14.2 Å². The molecule has 1 aliphatic rings. The Balaban J connectivity index is 1.65. The van der Waals surface area contributed by atoms with E-state index in [9.17, 15) is 4.79 Å². The van der Waals surface area contributed by atoms with Crippen LogP contribution in [0, 0.1) is 13.8 Å². The second-order valence-corrected chi connectivity index (χ2v) is 10.5. The molecule has 200 valence electrons. The van der Waals surface area contributed by atoms with E-state index in [1.54, 1.807) is 10.8 Å². The average molecular weight is 511 g/mol. The quantitative estimate of drug-likeness (QED) is 0.472. The first-order chi connectivity index (χ1) is 17.5. The van der Waals surface area contributed by atoms with Crippen LogP contribution in [0.1, 0.15) is 70.3 Å². The van der Waals surface area contributed by atoms with Crippen LogP contribution in [0.5, 0.6) is 5.88 Å². The number of amides is 1. The lowest BCUT2D eigenvalue weighted by atomic mass is 10.1. The van der Waals surface area contributed by atoms with E-state index >= 15 is 0 Å². The Hall–Kier alpha value is -3.40. The van der Waals surface area contributed by atoms with E-state index in [0.29, 0.717) is 5.88 Å². The van der Waals surface area contributed by atoms with E-state index < -0.39 is 11.7 Å². The number of fused-ring (bicyclic) bond motifs is 1. The summed E-state index contributed by atoms with van der Waals surface area (Å²) in [5.41, 5.74) is 4.34. The van der Waals surface area contributed by atoms with Crippen molar-refractivity contribution in [2.45, 2.75) is 78.7 Å². The van der Waals surface area contributed by atoms with Gasteiger partial charge in [0.1, 0.15) is 11.7 Å². The maximum Gasteiger partial charge on any atom is 0.407 e. The molecule has 1 fully saturated rings. The number of carbonyl (C=O) groups excluding carboxylic acids is 1. The first-order valence-electron chi connectivity index (χ1n) is 12.8. The average Bonchev–Trinajstić information content (AvgIpc) is 3.34. The molecule has 10 nitrogen and oxygen atoms in total. The fraction of sp³-hybridized carbons (Fsp3) is 0.556. The SMILES string of the molecule is C=Cc1nn(C2CCCCO2)c2c(C)nc(-c3c(C)nn(C)c3O[C@@H](C)CNC(=O)OC(C)(C)C)cc12. The molecule has 3 aromatic heterocycles. The minimum atomic E-state index is -0.566. The maximum absolute atomic E-state index is 12.1. The predicted molar refractivity (Wildman–Crippen MR) is 142 cm³/mol. The van der Waals surface area contributed by atoms with Gasteiger partial charge >= 0.3 is 6.09 Å². The number of nitrogens with zero attached hydrogens (tertiary/aromatic N) is 5. The van der Waals surface area contributed by atoms with Crippen molar-refractivity contribution in [3.8, 4) is 17.1 Å². The van der Waals surface area contributed by atoms with Crippen LogP contribution in [0.4, 0.5) is 4.79 Å². The summed E-state index contributed by atoms with van der Waals surface area (Å²) in [7, 11) is 1.83. The summed E-state index contributed by atoms with van der Waals surface area (Å²) in [4.78, 5) is 17.0. The molecule has 4 heterocycles. The van der Waals surface area contributed by atoms with Crippen LogP contribution in [-0.4, -0.2) is 55.5 Å². The topological polar surface area (TPSA) is 105 Å². The Labute approximate surface area is 218 Å². The highest BCUT2D eigenvalue weighted by atomic mass is 16.6. The van der Waals surface area contributed by atoms with Crippen molar-refractivity contribution in [2.75, 3.05) is 13.2 Å². The van der Waals surface area contributed by atoms with Gasteiger partial charge in [-0.1, -0.05) is 6.58 Å². The number of nitrogens with one attached hydrogen (secondary N) is 1. The summed E-state index contributed by atoms with van der Waals surface area (Å²) in [6, 6.07) is 2.02. The van der Waals surface area contributed by atoms with E-state index in [1.165, 1.54) is 0 Å². The van der Waals surface area contributed by atoms with Gasteiger partial charge in [0.05, 0.1) is 40.4 Å².